The summed E-state index contributed by atoms with van der Waals surface area (Å²) in [6, 6.07) is 5.79. The molecule has 0 fully saturated rings. The highest BCUT2D eigenvalue weighted by Gasteiger charge is 2.27. The zero-order valence-corrected chi connectivity index (χ0v) is 12.8. The van der Waals surface area contributed by atoms with E-state index in [2.05, 4.69) is 11.9 Å². The van der Waals surface area contributed by atoms with Gasteiger partial charge >= 0.3 is 0 Å². The van der Waals surface area contributed by atoms with Crippen LogP contribution in [0.5, 0.6) is 5.75 Å². The second kappa shape index (κ2) is 5.37. The first kappa shape index (κ1) is 13.9. The van der Waals surface area contributed by atoms with Crippen molar-refractivity contribution < 1.29 is 9.53 Å². The molecule has 0 bridgehead atoms. The number of carbonyl (C=O) groups excluding carboxylic acids is 1. The highest BCUT2D eigenvalue weighted by Crippen LogP contribution is 2.38. The van der Waals surface area contributed by atoms with E-state index < -0.39 is 0 Å². The summed E-state index contributed by atoms with van der Waals surface area (Å²) < 4.78 is 5.92. The third-order valence-corrected chi connectivity index (χ3v) is 4.26. The first-order valence-electron chi connectivity index (χ1n) is 6.88. The molecule has 0 radical (unpaired) electrons. The Hall–Kier alpha value is -2.08. The number of nitrogen functional groups attached to an aromatic ring is 1. The zero-order chi connectivity index (χ0) is 15.0. The number of amides is 1. The van der Waals surface area contributed by atoms with Gasteiger partial charge in [0.25, 0.3) is 0 Å². The number of nitrogens with two attached hydrogens (primary N) is 1. The van der Waals surface area contributed by atoms with E-state index in [0.29, 0.717) is 11.7 Å². The first-order chi connectivity index (χ1) is 10.1. The number of hydrogen-bond acceptors (Lipinski definition) is 5. The lowest BCUT2D eigenvalue weighted by atomic mass is 10.1. The monoisotopic (exact) mass is 303 g/mol. The molecular weight excluding hydrogens is 286 g/mol. The van der Waals surface area contributed by atoms with E-state index in [1.54, 1.807) is 11.8 Å². The van der Waals surface area contributed by atoms with E-state index in [4.69, 9.17) is 10.5 Å². The molecular formula is C15H17N3O2S. The molecule has 110 valence electrons. The van der Waals surface area contributed by atoms with Gasteiger partial charge in [0.15, 0.2) is 5.13 Å². The Bertz CT molecular complexity index is 683. The Morgan fingerprint density at radius 3 is 3.00 bits per heavy atom. The summed E-state index contributed by atoms with van der Waals surface area (Å²) in [6.07, 6.45) is 0.912. The standard InChI is InChI=1S/C15H17N3O2S/c1-3-11-7-18(9(2)19)13-6-10(4-5-14(13)20-11)12-8-21-15(16)17-12/h4-6,8,11H,3,7H2,1-2H3,(H2,16,17). The number of hydrogen-bond donors (Lipinski definition) is 1. The molecule has 0 aliphatic carbocycles. The van der Waals surface area contributed by atoms with Crippen LogP contribution in [0.15, 0.2) is 23.6 Å². The van der Waals surface area contributed by atoms with Crippen molar-refractivity contribution in [2.75, 3.05) is 17.2 Å². The maximum atomic E-state index is 11.9. The Kier molecular flexibility index (Phi) is 3.55. The number of carbonyl (C=O) groups is 1. The minimum atomic E-state index is 0.0212. The topological polar surface area (TPSA) is 68.5 Å². The average molecular weight is 303 g/mol. The molecule has 1 atom stereocenters. The van der Waals surface area contributed by atoms with Crippen molar-refractivity contribution in [3.8, 4) is 17.0 Å². The number of benzene rings is 1. The lowest BCUT2D eigenvalue weighted by Crippen LogP contribution is -2.42. The van der Waals surface area contributed by atoms with Gasteiger partial charge in [-0.3, -0.25) is 4.79 Å². The second-order valence-electron chi connectivity index (χ2n) is 5.03. The number of fused-ring (bicyclic) bond motifs is 1. The van der Waals surface area contributed by atoms with Crippen LogP contribution < -0.4 is 15.4 Å². The molecule has 2 heterocycles. The molecule has 2 aromatic rings. The third kappa shape index (κ3) is 2.58. The normalized spacial score (nSPS) is 17.2. The van der Waals surface area contributed by atoms with Crippen LogP contribution in [0.4, 0.5) is 10.8 Å². The largest absolute Gasteiger partial charge is 0.486 e. The van der Waals surface area contributed by atoms with Gasteiger partial charge in [0.1, 0.15) is 11.9 Å². The molecule has 0 spiro atoms. The number of ether oxygens (including phenoxy) is 1. The minimum absolute atomic E-state index is 0.0212. The smallest absolute Gasteiger partial charge is 0.224 e. The van der Waals surface area contributed by atoms with Crippen molar-refractivity contribution >= 4 is 28.1 Å². The fourth-order valence-corrected chi connectivity index (χ4v) is 3.01. The molecule has 3 rings (SSSR count). The van der Waals surface area contributed by atoms with Gasteiger partial charge in [0.2, 0.25) is 5.91 Å². The summed E-state index contributed by atoms with van der Waals surface area (Å²) in [5, 5.41) is 2.45. The zero-order valence-electron chi connectivity index (χ0n) is 12.0. The van der Waals surface area contributed by atoms with Crippen molar-refractivity contribution in [1.29, 1.82) is 0 Å². The van der Waals surface area contributed by atoms with Crippen molar-refractivity contribution in [2.45, 2.75) is 26.4 Å². The van der Waals surface area contributed by atoms with Crippen LogP contribution in [-0.2, 0) is 4.79 Å². The lowest BCUT2D eigenvalue weighted by molar-refractivity contribution is -0.117. The fraction of sp³-hybridized carbons (Fsp3) is 0.333. The van der Waals surface area contributed by atoms with Crippen molar-refractivity contribution in [1.82, 2.24) is 4.98 Å². The summed E-state index contributed by atoms with van der Waals surface area (Å²) >= 11 is 1.40. The molecule has 1 unspecified atom stereocenters. The predicted molar refractivity (Wildman–Crippen MR) is 84.7 cm³/mol. The average Bonchev–Trinajstić information content (AvgIpc) is 2.91. The van der Waals surface area contributed by atoms with Crippen LogP contribution in [-0.4, -0.2) is 23.5 Å². The SMILES string of the molecule is CCC1CN(C(C)=O)c2cc(-c3csc(N)n3)ccc2O1. The number of aromatic nitrogens is 1. The van der Waals surface area contributed by atoms with Gasteiger partial charge < -0.3 is 15.4 Å². The van der Waals surface area contributed by atoms with Crippen LogP contribution in [0.3, 0.4) is 0 Å². The van der Waals surface area contributed by atoms with Crippen molar-refractivity contribution in [3.05, 3.63) is 23.6 Å². The quantitative estimate of drug-likeness (QED) is 0.926. The van der Waals surface area contributed by atoms with E-state index in [9.17, 15) is 4.79 Å². The summed E-state index contributed by atoms with van der Waals surface area (Å²) in [4.78, 5) is 18.0. The van der Waals surface area contributed by atoms with E-state index in [1.807, 2.05) is 23.6 Å². The molecule has 21 heavy (non-hydrogen) atoms. The summed E-state index contributed by atoms with van der Waals surface area (Å²) in [7, 11) is 0. The van der Waals surface area contributed by atoms with Crippen molar-refractivity contribution in [3.63, 3.8) is 0 Å². The first-order valence-corrected chi connectivity index (χ1v) is 7.76. The molecule has 2 N–H and O–H groups in total. The van der Waals surface area contributed by atoms with Gasteiger partial charge in [-0.1, -0.05) is 6.92 Å². The van der Waals surface area contributed by atoms with Crippen LogP contribution in [0, 0.1) is 0 Å². The Labute approximate surface area is 127 Å². The lowest BCUT2D eigenvalue weighted by Gasteiger charge is -2.34. The van der Waals surface area contributed by atoms with E-state index in [0.717, 1.165) is 29.1 Å². The number of anilines is 2. The van der Waals surface area contributed by atoms with E-state index in [-0.39, 0.29) is 12.0 Å². The second-order valence-corrected chi connectivity index (χ2v) is 5.92. The molecule has 1 aliphatic heterocycles. The Balaban J connectivity index is 2.04. The molecule has 1 aromatic carbocycles. The summed E-state index contributed by atoms with van der Waals surface area (Å²) in [5.41, 5.74) is 8.24. The molecule has 6 heteroatoms. The highest BCUT2D eigenvalue weighted by molar-refractivity contribution is 7.13. The Morgan fingerprint density at radius 1 is 1.57 bits per heavy atom. The molecule has 1 amide bonds. The van der Waals surface area contributed by atoms with Gasteiger partial charge in [-0.25, -0.2) is 4.98 Å². The highest BCUT2D eigenvalue weighted by atomic mass is 32.1. The van der Waals surface area contributed by atoms with Crippen LogP contribution >= 0.6 is 11.3 Å². The van der Waals surface area contributed by atoms with E-state index in [1.165, 1.54) is 11.3 Å². The molecule has 1 aliphatic rings. The van der Waals surface area contributed by atoms with Gasteiger partial charge in [0.05, 0.1) is 17.9 Å². The maximum Gasteiger partial charge on any atom is 0.224 e. The molecule has 0 saturated carbocycles. The molecule has 1 aromatic heterocycles. The van der Waals surface area contributed by atoms with Crippen LogP contribution in [0.25, 0.3) is 11.3 Å². The van der Waals surface area contributed by atoms with Gasteiger partial charge in [0, 0.05) is 17.9 Å². The number of nitrogens with zero attached hydrogens (tertiary/aromatic N) is 2. The molecule has 5 nitrogen and oxygen atoms in total. The predicted octanol–water partition coefficient (Wildman–Crippen LogP) is 2.92. The number of rotatable bonds is 2. The molecule has 0 saturated heterocycles. The van der Waals surface area contributed by atoms with Crippen LogP contribution in [0.1, 0.15) is 20.3 Å². The van der Waals surface area contributed by atoms with Gasteiger partial charge in [-0.2, -0.15) is 0 Å². The number of thiazole rings is 1. The summed E-state index contributed by atoms with van der Waals surface area (Å²) in [6.45, 7) is 4.22. The van der Waals surface area contributed by atoms with Crippen LogP contribution in [0.2, 0.25) is 0 Å². The van der Waals surface area contributed by atoms with Gasteiger partial charge in [-0.15, -0.1) is 11.3 Å². The van der Waals surface area contributed by atoms with Crippen molar-refractivity contribution in [2.24, 2.45) is 0 Å². The van der Waals surface area contributed by atoms with Gasteiger partial charge in [-0.05, 0) is 24.6 Å². The van der Waals surface area contributed by atoms with E-state index >= 15 is 0 Å². The summed E-state index contributed by atoms with van der Waals surface area (Å²) in [5.74, 6) is 0.767. The minimum Gasteiger partial charge on any atom is -0.486 e. The Morgan fingerprint density at radius 2 is 2.38 bits per heavy atom. The fourth-order valence-electron chi connectivity index (χ4n) is 2.44. The third-order valence-electron chi connectivity index (χ3n) is 3.58. The maximum absolute atomic E-state index is 11.9.